The summed E-state index contributed by atoms with van der Waals surface area (Å²) < 4.78 is 44.5. The van der Waals surface area contributed by atoms with Gasteiger partial charge in [-0.15, -0.1) is 11.3 Å². The summed E-state index contributed by atoms with van der Waals surface area (Å²) in [4.78, 5) is 16.9. The third kappa shape index (κ3) is 6.55. The number of benzene rings is 2. The molecule has 163 valence electrons. The minimum atomic E-state index is -4.43. The molecule has 8 heteroatoms. The minimum Gasteiger partial charge on any atom is -0.444 e. The molecular formula is C23H22F3N2O2S. The van der Waals surface area contributed by atoms with E-state index in [-0.39, 0.29) is 0 Å². The van der Waals surface area contributed by atoms with Crippen LogP contribution in [-0.4, -0.2) is 16.7 Å². The van der Waals surface area contributed by atoms with Gasteiger partial charge in [0.05, 0.1) is 17.3 Å². The monoisotopic (exact) mass is 447 g/mol. The third-order valence-electron chi connectivity index (χ3n) is 4.22. The van der Waals surface area contributed by atoms with E-state index in [4.69, 9.17) is 4.74 Å². The Labute approximate surface area is 183 Å². The molecular weight excluding hydrogens is 425 g/mol. The van der Waals surface area contributed by atoms with E-state index in [1.54, 1.807) is 44.4 Å². The smallest absolute Gasteiger partial charge is 0.416 e. The molecule has 1 radical (unpaired) electrons. The van der Waals surface area contributed by atoms with Crippen molar-refractivity contribution in [2.45, 2.75) is 45.0 Å². The van der Waals surface area contributed by atoms with Gasteiger partial charge in [0.15, 0.2) is 0 Å². The number of rotatable bonds is 5. The first-order valence-electron chi connectivity index (χ1n) is 9.59. The molecule has 1 atom stereocenters. The fraction of sp³-hybridized carbons (Fsp3) is 0.304. The van der Waals surface area contributed by atoms with Crippen LogP contribution in [0.3, 0.4) is 0 Å². The molecule has 0 bridgehead atoms. The van der Waals surface area contributed by atoms with Crippen molar-refractivity contribution in [2.75, 3.05) is 0 Å². The van der Waals surface area contributed by atoms with Crippen molar-refractivity contribution in [3.05, 3.63) is 76.1 Å². The molecule has 1 aromatic heterocycles. The number of hydrogen-bond donors (Lipinski definition) is 1. The van der Waals surface area contributed by atoms with Crippen LogP contribution in [0.15, 0.2) is 53.9 Å². The quantitative estimate of drug-likeness (QED) is 0.490. The molecule has 0 spiro atoms. The van der Waals surface area contributed by atoms with Gasteiger partial charge >= 0.3 is 12.3 Å². The number of alkyl carbamates (subject to hydrolysis) is 1. The highest BCUT2D eigenvalue weighted by Crippen LogP contribution is 2.33. The summed E-state index contributed by atoms with van der Waals surface area (Å²) in [6.45, 7) is 5.30. The van der Waals surface area contributed by atoms with Gasteiger partial charge in [-0.2, -0.15) is 13.2 Å². The molecule has 1 heterocycles. The number of halogens is 3. The number of alkyl halides is 3. The Balaban J connectivity index is 1.88. The van der Waals surface area contributed by atoms with Gasteiger partial charge in [0, 0.05) is 10.9 Å². The van der Waals surface area contributed by atoms with Crippen molar-refractivity contribution >= 4 is 17.4 Å². The molecule has 0 unspecified atom stereocenters. The van der Waals surface area contributed by atoms with Crippen LogP contribution in [-0.2, 0) is 17.3 Å². The van der Waals surface area contributed by atoms with Crippen LogP contribution in [0.2, 0.25) is 0 Å². The molecule has 3 aromatic rings. The summed E-state index contributed by atoms with van der Waals surface area (Å²) in [5.41, 5.74) is 0.341. The van der Waals surface area contributed by atoms with Crippen molar-refractivity contribution in [3.8, 4) is 11.3 Å². The van der Waals surface area contributed by atoms with E-state index >= 15 is 0 Å². The normalized spacial score (nSPS) is 13.0. The molecule has 0 saturated carbocycles. The van der Waals surface area contributed by atoms with Crippen LogP contribution in [0, 0.1) is 6.07 Å². The summed E-state index contributed by atoms with van der Waals surface area (Å²) in [6.07, 6.45) is -4.57. The Morgan fingerprint density at radius 3 is 2.55 bits per heavy atom. The van der Waals surface area contributed by atoms with Crippen LogP contribution in [0.4, 0.5) is 18.0 Å². The van der Waals surface area contributed by atoms with Crippen molar-refractivity contribution in [1.82, 2.24) is 10.3 Å². The standard InChI is InChI=1S/C23H22F3N2O2S/c1-22(2,3)30-21(29)28-18(12-15-8-5-4-6-9-15)20-27-19(14-31-20)16-10-7-11-17(13-16)23(24,25)26/h5-11,13-14,18H,12H2,1-3H3,(H,28,29)/t18-/m0/s1. The van der Waals surface area contributed by atoms with Gasteiger partial charge in [0.2, 0.25) is 0 Å². The van der Waals surface area contributed by atoms with Crippen LogP contribution in [0.1, 0.15) is 42.9 Å². The molecule has 4 nitrogen and oxygen atoms in total. The number of carbonyl (C=O) groups excluding carboxylic acids is 1. The predicted octanol–water partition coefficient (Wildman–Crippen LogP) is 6.44. The highest BCUT2D eigenvalue weighted by atomic mass is 32.1. The predicted molar refractivity (Wildman–Crippen MR) is 114 cm³/mol. The maximum absolute atomic E-state index is 13.1. The zero-order valence-electron chi connectivity index (χ0n) is 17.3. The number of carbonyl (C=O) groups is 1. The number of thiazole rings is 1. The van der Waals surface area contributed by atoms with E-state index in [0.29, 0.717) is 22.7 Å². The van der Waals surface area contributed by atoms with E-state index in [9.17, 15) is 18.0 Å². The number of ether oxygens (including phenoxy) is 1. The lowest BCUT2D eigenvalue weighted by molar-refractivity contribution is -0.137. The topological polar surface area (TPSA) is 51.2 Å². The molecule has 2 aromatic carbocycles. The van der Waals surface area contributed by atoms with Crippen LogP contribution >= 0.6 is 11.3 Å². The Morgan fingerprint density at radius 2 is 1.90 bits per heavy atom. The molecule has 0 aliphatic heterocycles. The lowest BCUT2D eigenvalue weighted by Gasteiger charge is -2.23. The number of hydrogen-bond acceptors (Lipinski definition) is 4. The van der Waals surface area contributed by atoms with E-state index in [2.05, 4.69) is 16.4 Å². The average molecular weight is 448 g/mol. The number of nitrogens with zero attached hydrogens (tertiary/aromatic N) is 1. The van der Waals surface area contributed by atoms with Crippen LogP contribution < -0.4 is 5.32 Å². The van der Waals surface area contributed by atoms with Crippen molar-refractivity contribution < 1.29 is 22.7 Å². The van der Waals surface area contributed by atoms with Gasteiger partial charge in [-0.3, -0.25) is 0 Å². The third-order valence-corrected chi connectivity index (χ3v) is 5.18. The SMILES string of the molecule is CC(C)(C)OC(=O)N[C@@H](Cc1cc[c]cc1)c1nc(-c2cccc(C(F)(F)F)c2)cs1. The molecule has 1 amide bonds. The summed E-state index contributed by atoms with van der Waals surface area (Å²) >= 11 is 1.27. The fourth-order valence-corrected chi connectivity index (χ4v) is 3.76. The van der Waals surface area contributed by atoms with Crippen LogP contribution in [0.5, 0.6) is 0 Å². The minimum absolute atomic E-state index is 0.364. The molecule has 0 aliphatic rings. The summed E-state index contributed by atoms with van der Waals surface area (Å²) in [7, 11) is 0. The average Bonchev–Trinajstić information content (AvgIpc) is 3.16. The van der Waals surface area contributed by atoms with Gasteiger partial charge < -0.3 is 10.1 Å². The zero-order chi connectivity index (χ0) is 22.6. The molecule has 31 heavy (non-hydrogen) atoms. The first kappa shape index (κ1) is 22.8. The summed E-state index contributed by atoms with van der Waals surface area (Å²) in [6, 6.07) is 14.8. The Hall–Kier alpha value is -2.87. The second kappa shape index (κ2) is 9.09. The number of nitrogens with one attached hydrogen (secondary N) is 1. The lowest BCUT2D eigenvalue weighted by atomic mass is 10.1. The van der Waals surface area contributed by atoms with Crippen molar-refractivity contribution in [1.29, 1.82) is 0 Å². The maximum Gasteiger partial charge on any atom is 0.416 e. The van der Waals surface area contributed by atoms with Gasteiger partial charge in [0.1, 0.15) is 10.6 Å². The van der Waals surface area contributed by atoms with Crippen molar-refractivity contribution in [3.63, 3.8) is 0 Å². The second-order valence-corrected chi connectivity index (χ2v) is 8.85. The molecule has 1 N–H and O–H groups in total. The Kier molecular flexibility index (Phi) is 6.69. The Bertz CT molecular complexity index is 1030. The number of amides is 1. The molecule has 0 saturated heterocycles. The molecule has 0 fully saturated rings. The first-order chi connectivity index (χ1) is 14.5. The van der Waals surface area contributed by atoms with E-state index in [1.807, 2.05) is 12.1 Å². The largest absolute Gasteiger partial charge is 0.444 e. The van der Waals surface area contributed by atoms with Gasteiger partial charge in [-0.25, -0.2) is 9.78 Å². The van der Waals surface area contributed by atoms with Gasteiger partial charge in [0.25, 0.3) is 0 Å². The van der Waals surface area contributed by atoms with E-state index < -0.39 is 29.5 Å². The highest BCUT2D eigenvalue weighted by Gasteiger charge is 2.31. The summed E-state index contributed by atoms with van der Waals surface area (Å²) in [5, 5.41) is 5.10. The van der Waals surface area contributed by atoms with Crippen molar-refractivity contribution in [2.24, 2.45) is 0 Å². The molecule has 0 aliphatic carbocycles. The van der Waals surface area contributed by atoms with Crippen LogP contribution in [0.25, 0.3) is 11.3 Å². The fourth-order valence-electron chi connectivity index (χ4n) is 2.88. The molecule has 3 rings (SSSR count). The maximum atomic E-state index is 13.1. The summed E-state index contributed by atoms with van der Waals surface area (Å²) in [5.74, 6) is 0. The Morgan fingerprint density at radius 1 is 1.19 bits per heavy atom. The van der Waals surface area contributed by atoms with E-state index in [1.165, 1.54) is 17.4 Å². The van der Waals surface area contributed by atoms with E-state index in [0.717, 1.165) is 17.7 Å². The van der Waals surface area contributed by atoms with Gasteiger partial charge in [-0.05, 0) is 51.0 Å². The first-order valence-corrected chi connectivity index (χ1v) is 10.5. The lowest BCUT2D eigenvalue weighted by Crippen LogP contribution is -2.35. The number of aromatic nitrogens is 1. The highest BCUT2D eigenvalue weighted by molar-refractivity contribution is 7.10. The van der Waals surface area contributed by atoms with Gasteiger partial charge in [-0.1, -0.05) is 36.4 Å². The second-order valence-electron chi connectivity index (χ2n) is 7.96. The zero-order valence-corrected chi connectivity index (χ0v) is 18.1.